The summed E-state index contributed by atoms with van der Waals surface area (Å²) in [4.78, 5) is 12.0. The van der Waals surface area contributed by atoms with E-state index in [1.807, 2.05) is 0 Å². The third kappa shape index (κ3) is 5.10. The van der Waals surface area contributed by atoms with Crippen molar-refractivity contribution >= 4 is 18.3 Å². The van der Waals surface area contributed by atoms with Gasteiger partial charge >= 0.3 is 0 Å². The molecule has 0 bridgehead atoms. The number of hydrogen-bond donors (Lipinski definition) is 4. The zero-order valence-electron chi connectivity index (χ0n) is 12.1. The van der Waals surface area contributed by atoms with Crippen LogP contribution in [-0.4, -0.2) is 35.3 Å². The lowest BCUT2D eigenvalue weighted by Crippen LogP contribution is -2.42. The van der Waals surface area contributed by atoms with Gasteiger partial charge in [0.05, 0.1) is 0 Å². The Morgan fingerprint density at radius 2 is 2.14 bits per heavy atom. The average Bonchev–Trinajstić information content (AvgIpc) is 2.42. The number of benzene rings is 1. The van der Waals surface area contributed by atoms with Gasteiger partial charge in [-0.1, -0.05) is 6.07 Å². The fourth-order valence-electron chi connectivity index (χ4n) is 2.57. The Morgan fingerprint density at radius 1 is 1.38 bits per heavy atom. The number of phenols is 2. The molecule has 2 atom stereocenters. The number of carbonyl (C=O) groups excluding carboxylic acids is 1. The van der Waals surface area contributed by atoms with Gasteiger partial charge in [-0.3, -0.25) is 4.79 Å². The molecule has 1 aromatic rings. The zero-order chi connectivity index (χ0) is 14.5. The van der Waals surface area contributed by atoms with E-state index in [4.69, 9.17) is 0 Å². The van der Waals surface area contributed by atoms with Crippen LogP contribution in [0.25, 0.3) is 0 Å². The summed E-state index contributed by atoms with van der Waals surface area (Å²) in [6.45, 7) is 3.53. The second-order valence-corrected chi connectivity index (χ2v) is 5.44. The summed E-state index contributed by atoms with van der Waals surface area (Å²) in [5.74, 6) is -0.0386. The zero-order valence-corrected chi connectivity index (χ0v) is 12.9. The first kappa shape index (κ1) is 17.6. The predicted octanol–water partition coefficient (Wildman–Crippen LogP) is 1.57. The molecule has 1 saturated heterocycles. The van der Waals surface area contributed by atoms with Gasteiger partial charge in [0.1, 0.15) is 0 Å². The minimum atomic E-state index is -0.124. The standard InChI is InChI=1S/C15H22N2O3.ClH/c1-10-8-12(5-7-16-10)15(20)17-6-4-11-2-3-13(18)14(19)9-11;/h2-3,9-10,12,16,18-19H,4-8H2,1H3,(H,17,20);1H/t10-,12-;/m0./s1. The van der Waals surface area contributed by atoms with Gasteiger partial charge in [0.25, 0.3) is 0 Å². The first-order valence-corrected chi connectivity index (χ1v) is 7.08. The van der Waals surface area contributed by atoms with Crippen LogP contribution in [0.3, 0.4) is 0 Å². The van der Waals surface area contributed by atoms with E-state index in [0.717, 1.165) is 24.9 Å². The third-order valence-electron chi connectivity index (χ3n) is 3.75. The van der Waals surface area contributed by atoms with Gasteiger partial charge in [-0.15, -0.1) is 12.4 Å². The Bertz CT molecular complexity index is 482. The monoisotopic (exact) mass is 314 g/mol. The summed E-state index contributed by atoms with van der Waals surface area (Å²) in [6.07, 6.45) is 2.40. The van der Waals surface area contributed by atoms with Crippen molar-refractivity contribution in [1.29, 1.82) is 0 Å². The lowest BCUT2D eigenvalue weighted by atomic mass is 9.92. The van der Waals surface area contributed by atoms with Crippen molar-refractivity contribution in [1.82, 2.24) is 10.6 Å². The van der Waals surface area contributed by atoms with Crippen LogP contribution in [0.15, 0.2) is 18.2 Å². The number of nitrogens with one attached hydrogen (secondary N) is 2. The summed E-state index contributed by atoms with van der Waals surface area (Å²) in [5.41, 5.74) is 0.888. The van der Waals surface area contributed by atoms with Crippen molar-refractivity contribution in [2.24, 2.45) is 5.92 Å². The van der Waals surface area contributed by atoms with Crippen molar-refractivity contribution < 1.29 is 15.0 Å². The summed E-state index contributed by atoms with van der Waals surface area (Å²) >= 11 is 0. The number of rotatable bonds is 4. The molecule has 6 heteroatoms. The lowest BCUT2D eigenvalue weighted by molar-refractivity contribution is -0.126. The topological polar surface area (TPSA) is 81.6 Å². The fraction of sp³-hybridized carbons (Fsp3) is 0.533. The molecule has 4 N–H and O–H groups in total. The average molecular weight is 315 g/mol. The van der Waals surface area contributed by atoms with Gasteiger partial charge in [0, 0.05) is 18.5 Å². The molecule has 0 aromatic heterocycles. The molecular weight excluding hydrogens is 292 g/mol. The number of hydrogen-bond acceptors (Lipinski definition) is 4. The van der Waals surface area contributed by atoms with E-state index in [2.05, 4.69) is 17.6 Å². The second kappa shape index (κ2) is 8.10. The number of halogens is 1. The molecule has 0 aliphatic carbocycles. The lowest BCUT2D eigenvalue weighted by Gasteiger charge is -2.27. The first-order chi connectivity index (χ1) is 9.56. The summed E-state index contributed by atoms with van der Waals surface area (Å²) in [5, 5.41) is 24.9. The molecule has 21 heavy (non-hydrogen) atoms. The van der Waals surface area contributed by atoms with E-state index < -0.39 is 0 Å². The van der Waals surface area contributed by atoms with Crippen LogP contribution in [0.5, 0.6) is 11.5 Å². The molecule has 5 nitrogen and oxygen atoms in total. The van der Waals surface area contributed by atoms with Crippen LogP contribution in [0.4, 0.5) is 0 Å². The van der Waals surface area contributed by atoms with Crippen LogP contribution >= 0.6 is 12.4 Å². The Kier molecular flexibility index (Phi) is 6.78. The summed E-state index contributed by atoms with van der Waals surface area (Å²) < 4.78 is 0. The van der Waals surface area contributed by atoms with E-state index in [1.165, 1.54) is 12.1 Å². The second-order valence-electron chi connectivity index (χ2n) is 5.44. The molecule has 118 valence electrons. The minimum Gasteiger partial charge on any atom is -0.504 e. The van der Waals surface area contributed by atoms with Crippen molar-refractivity contribution in [3.8, 4) is 11.5 Å². The summed E-state index contributed by atoms with van der Waals surface area (Å²) in [6, 6.07) is 5.12. The van der Waals surface area contributed by atoms with Crippen LogP contribution in [0, 0.1) is 5.92 Å². The maximum atomic E-state index is 12.0. The van der Waals surface area contributed by atoms with E-state index in [1.54, 1.807) is 6.07 Å². The smallest absolute Gasteiger partial charge is 0.223 e. The third-order valence-corrected chi connectivity index (χ3v) is 3.75. The van der Waals surface area contributed by atoms with Crippen molar-refractivity contribution in [2.45, 2.75) is 32.2 Å². The highest BCUT2D eigenvalue weighted by Gasteiger charge is 2.24. The number of phenolic OH excluding ortho intramolecular Hbond substituents is 2. The van der Waals surface area contributed by atoms with E-state index in [-0.39, 0.29) is 35.7 Å². The SMILES string of the molecule is C[C@H]1C[C@@H](C(=O)NCCc2ccc(O)c(O)c2)CCN1.Cl. The van der Waals surface area contributed by atoms with Crippen molar-refractivity contribution in [2.75, 3.05) is 13.1 Å². The number of piperidine rings is 1. The van der Waals surface area contributed by atoms with Crippen molar-refractivity contribution in [3.63, 3.8) is 0 Å². The predicted molar refractivity (Wildman–Crippen MR) is 83.9 cm³/mol. The van der Waals surface area contributed by atoms with Gasteiger partial charge < -0.3 is 20.8 Å². The molecule has 2 rings (SSSR count). The molecule has 0 saturated carbocycles. The Labute approximate surface area is 131 Å². The molecule has 0 spiro atoms. The Balaban J connectivity index is 0.00000220. The van der Waals surface area contributed by atoms with Crippen LogP contribution in [0.2, 0.25) is 0 Å². The van der Waals surface area contributed by atoms with Gasteiger partial charge in [-0.25, -0.2) is 0 Å². The normalized spacial score (nSPS) is 21.4. The van der Waals surface area contributed by atoms with Gasteiger partial charge in [-0.05, 0) is 50.4 Å². The molecule has 1 aliphatic heterocycles. The van der Waals surface area contributed by atoms with Gasteiger partial charge in [0.15, 0.2) is 11.5 Å². The number of carbonyl (C=O) groups is 1. The molecule has 0 radical (unpaired) electrons. The Hall–Kier alpha value is -1.46. The molecule has 0 unspecified atom stereocenters. The highest BCUT2D eigenvalue weighted by molar-refractivity contribution is 5.85. The van der Waals surface area contributed by atoms with E-state index >= 15 is 0 Å². The van der Waals surface area contributed by atoms with E-state index in [9.17, 15) is 15.0 Å². The first-order valence-electron chi connectivity index (χ1n) is 7.08. The number of aromatic hydroxyl groups is 2. The van der Waals surface area contributed by atoms with Gasteiger partial charge in [0.2, 0.25) is 5.91 Å². The van der Waals surface area contributed by atoms with E-state index in [0.29, 0.717) is 19.0 Å². The molecule has 1 fully saturated rings. The minimum absolute atomic E-state index is 0. The van der Waals surface area contributed by atoms with Gasteiger partial charge in [-0.2, -0.15) is 0 Å². The largest absolute Gasteiger partial charge is 0.504 e. The van der Waals surface area contributed by atoms with Crippen LogP contribution in [0.1, 0.15) is 25.3 Å². The number of amides is 1. The molecule has 1 amide bonds. The molecular formula is C15H23ClN2O3. The summed E-state index contributed by atoms with van der Waals surface area (Å²) in [7, 11) is 0. The highest BCUT2D eigenvalue weighted by atomic mass is 35.5. The molecule has 1 aromatic carbocycles. The fourth-order valence-corrected chi connectivity index (χ4v) is 2.57. The quantitative estimate of drug-likeness (QED) is 0.636. The maximum absolute atomic E-state index is 12.0. The van der Waals surface area contributed by atoms with Crippen molar-refractivity contribution in [3.05, 3.63) is 23.8 Å². The van der Waals surface area contributed by atoms with Crippen LogP contribution in [-0.2, 0) is 11.2 Å². The molecule has 1 aliphatic rings. The maximum Gasteiger partial charge on any atom is 0.223 e. The Morgan fingerprint density at radius 3 is 2.81 bits per heavy atom. The van der Waals surface area contributed by atoms with Crippen LogP contribution < -0.4 is 10.6 Å². The highest BCUT2D eigenvalue weighted by Crippen LogP contribution is 2.24. The molecule has 1 heterocycles.